The summed E-state index contributed by atoms with van der Waals surface area (Å²) in [5.41, 5.74) is 0.894. The third-order valence-electron chi connectivity index (χ3n) is 4.89. The van der Waals surface area contributed by atoms with E-state index in [2.05, 4.69) is 20.8 Å². The molecule has 0 spiro atoms. The van der Waals surface area contributed by atoms with Crippen molar-refractivity contribution in [1.82, 2.24) is 20.8 Å². The number of ether oxygens (including phenoxy) is 5. The highest BCUT2D eigenvalue weighted by Crippen LogP contribution is 2.38. The summed E-state index contributed by atoms with van der Waals surface area (Å²) < 4.78 is 31.3. The van der Waals surface area contributed by atoms with E-state index in [1.54, 1.807) is 18.2 Å². The van der Waals surface area contributed by atoms with Gasteiger partial charge in [0.2, 0.25) is 11.6 Å². The Morgan fingerprint density at radius 2 is 1.37 bits per heavy atom. The molecule has 0 aliphatic carbocycles. The number of carbonyl (C=O) groups is 2. The summed E-state index contributed by atoms with van der Waals surface area (Å²) >= 11 is 0. The second kappa shape index (κ2) is 11.6. The van der Waals surface area contributed by atoms with E-state index in [4.69, 9.17) is 28.2 Å². The maximum Gasteiger partial charge on any atom is 0.316 e. The fraction of sp³-hybridized carbons (Fsp3) is 0.304. The van der Waals surface area contributed by atoms with Gasteiger partial charge in [-0.3, -0.25) is 9.59 Å². The molecule has 1 aromatic heterocycles. The number of nitrogens with zero attached hydrogens (tertiary/aromatic N) is 2. The maximum atomic E-state index is 12.5. The molecule has 0 bridgehead atoms. The molecular formula is C23H26N4O8. The first kappa shape index (κ1) is 25.1. The number of nitrogens with one attached hydrogen (secondary N) is 2. The van der Waals surface area contributed by atoms with E-state index in [9.17, 15) is 9.59 Å². The largest absolute Gasteiger partial charge is 0.493 e. The van der Waals surface area contributed by atoms with Gasteiger partial charge in [-0.15, -0.1) is 0 Å². The molecule has 35 heavy (non-hydrogen) atoms. The average molecular weight is 486 g/mol. The molecule has 12 heteroatoms. The van der Waals surface area contributed by atoms with Crippen molar-refractivity contribution in [2.75, 3.05) is 48.6 Å². The van der Waals surface area contributed by atoms with E-state index in [-0.39, 0.29) is 30.7 Å². The van der Waals surface area contributed by atoms with E-state index in [0.717, 1.165) is 0 Å². The molecule has 2 aromatic carbocycles. The molecule has 2 amide bonds. The lowest BCUT2D eigenvalue weighted by atomic mass is 10.1. The standard InChI is InChI=1S/C23H26N4O8/c1-30-15-7-6-13(10-16(15)31-2)20-26-23(35-27-20)22(29)25-9-8-24-21(28)14-11-17(32-3)19(34-5)18(12-14)33-4/h6-7,10-12H,8-9H2,1-5H3,(H,24,28)(H,25,29). The molecule has 0 aliphatic heterocycles. The van der Waals surface area contributed by atoms with E-state index in [1.165, 1.54) is 47.7 Å². The van der Waals surface area contributed by atoms with Gasteiger partial charge in [0.15, 0.2) is 23.0 Å². The zero-order valence-corrected chi connectivity index (χ0v) is 20.0. The minimum Gasteiger partial charge on any atom is -0.493 e. The lowest BCUT2D eigenvalue weighted by Gasteiger charge is -2.14. The number of methoxy groups -OCH3 is 5. The molecular weight excluding hydrogens is 460 g/mol. The lowest BCUT2D eigenvalue weighted by molar-refractivity contribution is 0.0898. The summed E-state index contributed by atoms with van der Waals surface area (Å²) in [4.78, 5) is 29.0. The summed E-state index contributed by atoms with van der Waals surface area (Å²) in [6, 6.07) is 8.14. The molecule has 0 saturated carbocycles. The van der Waals surface area contributed by atoms with Crippen molar-refractivity contribution in [3.05, 3.63) is 41.8 Å². The van der Waals surface area contributed by atoms with Crippen LogP contribution in [0.3, 0.4) is 0 Å². The summed E-state index contributed by atoms with van der Waals surface area (Å²) in [5.74, 6) is 1.16. The Morgan fingerprint density at radius 3 is 1.94 bits per heavy atom. The van der Waals surface area contributed by atoms with Crippen molar-refractivity contribution in [2.24, 2.45) is 0 Å². The van der Waals surface area contributed by atoms with Gasteiger partial charge in [0.05, 0.1) is 35.5 Å². The minimum atomic E-state index is -0.578. The van der Waals surface area contributed by atoms with Crippen LogP contribution >= 0.6 is 0 Å². The highest BCUT2D eigenvalue weighted by atomic mass is 16.5. The molecule has 0 fully saturated rings. The normalized spacial score (nSPS) is 10.3. The van der Waals surface area contributed by atoms with Crippen LogP contribution in [0.15, 0.2) is 34.9 Å². The van der Waals surface area contributed by atoms with Crippen LogP contribution in [0.2, 0.25) is 0 Å². The number of benzene rings is 2. The zero-order chi connectivity index (χ0) is 25.4. The van der Waals surface area contributed by atoms with Crippen LogP contribution in [0.5, 0.6) is 28.7 Å². The lowest BCUT2D eigenvalue weighted by Crippen LogP contribution is -2.34. The fourth-order valence-electron chi connectivity index (χ4n) is 3.15. The molecule has 3 rings (SSSR count). The van der Waals surface area contributed by atoms with Crippen molar-refractivity contribution in [3.8, 4) is 40.1 Å². The Hall–Kier alpha value is -4.48. The number of carbonyl (C=O) groups excluding carboxylic acids is 2. The van der Waals surface area contributed by atoms with E-state index in [1.807, 2.05) is 0 Å². The third-order valence-corrected chi connectivity index (χ3v) is 4.89. The Kier molecular flexibility index (Phi) is 8.33. The fourth-order valence-corrected chi connectivity index (χ4v) is 3.15. The molecule has 0 atom stereocenters. The quantitative estimate of drug-likeness (QED) is 0.386. The van der Waals surface area contributed by atoms with Crippen molar-refractivity contribution >= 4 is 11.8 Å². The van der Waals surface area contributed by atoms with Crippen LogP contribution in [0.4, 0.5) is 0 Å². The van der Waals surface area contributed by atoms with Crippen molar-refractivity contribution in [3.63, 3.8) is 0 Å². The van der Waals surface area contributed by atoms with Crippen LogP contribution in [-0.2, 0) is 0 Å². The van der Waals surface area contributed by atoms with Gasteiger partial charge in [-0.1, -0.05) is 5.16 Å². The molecule has 3 aromatic rings. The molecule has 1 heterocycles. The Bertz CT molecular complexity index is 1170. The van der Waals surface area contributed by atoms with Gasteiger partial charge in [0.1, 0.15) is 0 Å². The Morgan fingerprint density at radius 1 is 0.771 bits per heavy atom. The highest BCUT2D eigenvalue weighted by Gasteiger charge is 2.19. The Labute approximate surface area is 201 Å². The maximum absolute atomic E-state index is 12.5. The molecule has 2 N–H and O–H groups in total. The summed E-state index contributed by atoms with van der Waals surface area (Å²) in [5, 5.41) is 9.15. The number of rotatable bonds is 11. The predicted octanol–water partition coefficient (Wildman–Crippen LogP) is 1.94. The Balaban J connectivity index is 1.56. The van der Waals surface area contributed by atoms with Crippen molar-refractivity contribution in [2.45, 2.75) is 0 Å². The molecule has 12 nitrogen and oxygen atoms in total. The van der Waals surface area contributed by atoms with Crippen LogP contribution in [0, 0.1) is 0 Å². The predicted molar refractivity (Wildman–Crippen MR) is 124 cm³/mol. The average Bonchev–Trinajstić information content (AvgIpc) is 3.40. The van der Waals surface area contributed by atoms with Crippen LogP contribution in [0.1, 0.15) is 21.0 Å². The first-order valence-corrected chi connectivity index (χ1v) is 10.4. The van der Waals surface area contributed by atoms with E-state index in [0.29, 0.717) is 39.9 Å². The van der Waals surface area contributed by atoms with Crippen LogP contribution in [0.25, 0.3) is 11.4 Å². The monoisotopic (exact) mass is 486 g/mol. The molecule has 0 saturated heterocycles. The number of hydrogen-bond donors (Lipinski definition) is 2. The molecule has 0 radical (unpaired) electrons. The van der Waals surface area contributed by atoms with Crippen LogP contribution < -0.4 is 34.3 Å². The van der Waals surface area contributed by atoms with Crippen LogP contribution in [-0.4, -0.2) is 70.6 Å². The van der Waals surface area contributed by atoms with Gasteiger partial charge < -0.3 is 38.8 Å². The summed E-state index contributed by atoms with van der Waals surface area (Å²) in [7, 11) is 7.44. The van der Waals surface area contributed by atoms with Gasteiger partial charge in [-0.25, -0.2) is 0 Å². The van der Waals surface area contributed by atoms with E-state index >= 15 is 0 Å². The third kappa shape index (κ3) is 5.72. The van der Waals surface area contributed by atoms with Gasteiger partial charge in [-0.2, -0.15) is 4.98 Å². The number of amides is 2. The van der Waals surface area contributed by atoms with Crippen molar-refractivity contribution in [1.29, 1.82) is 0 Å². The topological polar surface area (TPSA) is 143 Å². The van der Waals surface area contributed by atoms with Gasteiger partial charge in [0, 0.05) is 24.2 Å². The van der Waals surface area contributed by atoms with Crippen molar-refractivity contribution < 1.29 is 37.8 Å². The second-order valence-corrected chi connectivity index (χ2v) is 6.92. The van der Waals surface area contributed by atoms with Gasteiger partial charge >= 0.3 is 11.8 Å². The van der Waals surface area contributed by atoms with E-state index < -0.39 is 5.91 Å². The smallest absolute Gasteiger partial charge is 0.316 e. The highest BCUT2D eigenvalue weighted by molar-refractivity contribution is 5.95. The summed E-state index contributed by atoms with van der Waals surface area (Å²) in [6.07, 6.45) is 0. The number of aromatic nitrogens is 2. The van der Waals surface area contributed by atoms with Gasteiger partial charge in [0.25, 0.3) is 5.91 Å². The minimum absolute atomic E-state index is 0.128. The molecule has 0 aliphatic rings. The molecule has 0 unspecified atom stereocenters. The first-order chi connectivity index (χ1) is 16.9. The molecule has 186 valence electrons. The zero-order valence-electron chi connectivity index (χ0n) is 20.0. The number of hydrogen-bond acceptors (Lipinski definition) is 10. The summed E-state index contributed by atoms with van der Waals surface area (Å²) in [6.45, 7) is 0.279. The SMILES string of the molecule is COc1ccc(-c2noc(C(=O)NCCNC(=O)c3cc(OC)c(OC)c(OC)c3)n2)cc1OC. The second-order valence-electron chi connectivity index (χ2n) is 6.92. The first-order valence-electron chi connectivity index (χ1n) is 10.4. The van der Waals surface area contributed by atoms with Gasteiger partial charge in [-0.05, 0) is 30.3 Å².